The minimum absolute atomic E-state index is 0.317. The molecule has 1 aromatic rings. The Morgan fingerprint density at radius 3 is 2.83 bits per heavy atom. The topological polar surface area (TPSA) is 58.5 Å². The Bertz CT molecular complexity index is 540. The van der Waals surface area contributed by atoms with Crippen LogP contribution >= 0.6 is 0 Å². The first kappa shape index (κ1) is 17.2. The summed E-state index contributed by atoms with van der Waals surface area (Å²) in [7, 11) is 0. The first-order valence-corrected chi connectivity index (χ1v) is 9.35. The molecule has 5 nitrogen and oxygen atoms in total. The van der Waals surface area contributed by atoms with E-state index in [0.717, 1.165) is 31.2 Å². The van der Waals surface area contributed by atoms with E-state index in [0.29, 0.717) is 24.1 Å². The molecule has 0 amide bonds. The Kier molecular flexibility index (Phi) is 5.72. The lowest BCUT2D eigenvalue weighted by Crippen LogP contribution is -2.65. The predicted molar refractivity (Wildman–Crippen MR) is 96.9 cm³/mol. The van der Waals surface area contributed by atoms with Crippen molar-refractivity contribution >= 4 is 5.96 Å². The third-order valence-electron chi connectivity index (χ3n) is 5.47. The van der Waals surface area contributed by atoms with Crippen molar-refractivity contribution in [1.29, 1.82) is 0 Å². The highest BCUT2D eigenvalue weighted by atomic mass is 16.5. The van der Waals surface area contributed by atoms with Gasteiger partial charge in [0.1, 0.15) is 0 Å². The summed E-state index contributed by atoms with van der Waals surface area (Å²) in [5.74, 6) is 0.898. The fourth-order valence-electron chi connectivity index (χ4n) is 4.23. The maximum Gasteiger partial charge on any atom is 0.191 e. The van der Waals surface area contributed by atoms with Crippen LogP contribution in [-0.4, -0.2) is 36.2 Å². The molecule has 3 rings (SSSR count). The maximum atomic E-state index is 6.01. The summed E-state index contributed by atoms with van der Waals surface area (Å²) in [5.41, 5.74) is 1.31. The Morgan fingerprint density at radius 1 is 1.33 bits per heavy atom. The second kappa shape index (κ2) is 7.97. The van der Waals surface area contributed by atoms with Gasteiger partial charge in [-0.25, -0.2) is 4.99 Å². The summed E-state index contributed by atoms with van der Waals surface area (Å²) >= 11 is 0. The molecule has 24 heavy (non-hydrogen) atoms. The van der Waals surface area contributed by atoms with Crippen LogP contribution in [0.3, 0.4) is 0 Å². The predicted octanol–water partition coefficient (Wildman–Crippen LogP) is 2.87. The summed E-state index contributed by atoms with van der Waals surface area (Å²) in [4.78, 5) is 9.07. The smallest absolute Gasteiger partial charge is 0.191 e. The molecule has 0 bridgehead atoms. The quantitative estimate of drug-likeness (QED) is 0.622. The first-order valence-electron chi connectivity index (χ1n) is 9.35. The van der Waals surface area contributed by atoms with Crippen molar-refractivity contribution in [3.63, 3.8) is 0 Å². The first-order chi connectivity index (χ1) is 11.8. The van der Waals surface area contributed by atoms with Crippen molar-refractivity contribution in [2.75, 3.05) is 13.2 Å². The Hall–Kier alpha value is -1.62. The lowest BCUT2D eigenvalue weighted by atomic mass is 9.60. The van der Waals surface area contributed by atoms with Gasteiger partial charge in [-0.3, -0.25) is 4.98 Å². The van der Waals surface area contributed by atoms with E-state index in [-0.39, 0.29) is 0 Å². The van der Waals surface area contributed by atoms with Gasteiger partial charge in [-0.15, -0.1) is 0 Å². The molecule has 132 valence electrons. The lowest BCUT2D eigenvalue weighted by molar-refractivity contribution is -0.125. The zero-order chi connectivity index (χ0) is 16.8. The summed E-state index contributed by atoms with van der Waals surface area (Å²) < 4.78 is 6.01. The largest absolute Gasteiger partial charge is 0.378 e. The van der Waals surface area contributed by atoms with Crippen LogP contribution in [0.15, 0.2) is 29.4 Å². The number of rotatable bonds is 6. The summed E-state index contributed by atoms with van der Waals surface area (Å²) in [6.07, 6.45) is 8.51. The molecule has 5 heteroatoms. The van der Waals surface area contributed by atoms with Gasteiger partial charge in [-0.1, -0.05) is 18.9 Å². The Balaban J connectivity index is 1.65. The normalized spacial score (nSPS) is 25.5. The Labute approximate surface area is 145 Å². The molecular formula is C19H30N4O. The average Bonchev–Trinajstić information content (AvgIpc) is 3.12. The molecule has 2 atom stereocenters. The third kappa shape index (κ3) is 3.56. The molecule has 2 aliphatic carbocycles. The molecule has 2 saturated carbocycles. The van der Waals surface area contributed by atoms with E-state index in [9.17, 15) is 0 Å². The second-order valence-electron chi connectivity index (χ2n) is 6.83. The zero-order valence-electron chi connectivity index (χ0n) is 14.9. The highest BCUT2D eigenvalue weighted by molar-refractivity contribution is 5.80. The van der Waals surface area contributed by atoms with E-state index < -0.39 is 0 Å². The van der Waals surface area contributed by atoms with Gasteiger partial charge in [0, 0.05) is 30.8 Å². The number of pyridine rings is 1. The highest BCUT2D eigenvalue weighted by Crippen LogP contribution is 2.54. The van der Waals surface area contributed by atoms with Gasteiger partial charge in [-0.2, -0.15) is 0 Å². The standard InChI is InChI=1S/C19H30N4O/c1-3-20-18(22-14-15-9-5-8-12-21-15)23-16-13-17(24-4-2)19(16)10-6-7-11-19/h5,8-9,12,16-17H,3-4,6-7,10-11,13-14H2,1-2H3,(H2,20,22,23). The molecule has 2 N–H and O–H groups in total. The monoisotopic (exact) mass is 330 g/mol. The van der Waals surface area contributed by atoms with Gasteiger partial charge >= 0.3 is 0 Å². The van der Waals surface area contributed by atoms with Crippen LogP contribution in [-0.2, 0) is 11.3 Å². The number of guanidine groups is 1. The molecule has 0 radical (unpaired) electrons. The van der Waals surface area contributed by atoms with E-state index in [2.05, 4.69) is 29.5 Å². The summed E-state index contributed by atoms with van der Waals surface area (Å²) in [5, 5.41) is 7.05. The van der Waals surface area contributed by atoms with E-state index >= 15 is 0 Å². The number of aliphatic imine (C=N–C) groups is 1. The van der Waals surface area contributed by atoms with Crippen LogP contribution < -0.4 is 10.6 Å². The van der Waals surface area contributed by atoms with E-state index in [1.807, 2.05) is 24.4 Å². The summed E-state index contributed by atoms with van der Waals surface area (Å²) in [6, 6.07) is 6.42. The van der Waals surface area contributed by atoms with Crippen LogP contribution in [0.25, 0.3) is 0 Å². The van der Waals surface area contributed by atoms with Crippen LogP contribution in [0.2, 0.25) is 0 Å². The SMILES string of the molecule is CCNC(=NCc1ccccn1)NC1CC(OCC)C12CCCC2. The van der Waals surface area contributed by atoms with E-state index in [1.165, 1.54) is 25.7 Å². The molecule has 2 unspecified atom stereocenters. The number of ether oxygens (including phenoxy) is 1. The fourth-order valence-corrected chi connectivity index (χ4v) is 4.23. The van der Waals surface area contributed by atoms with Gasteiger partial charge in [0.15, 0.2) is 5.96 Å². The lowest BCUT2D eigenvalue weighted by Gasteiger charge is -2.54. The fraction of sp³-hybridized carbons (Fsp3) is 0.684. The molecule has 0 saturated heterocycles. The van der Waals surface area contributed by atoms with Gasteiger partial charge < -0.3 is 15.4 Å². The van der Waals surface area contributed by atoms with Crippen molar-refractivity contribution in [1.82, 2.24) is 15.6 Å². The van der Waals surface area contributed by atoms with Crippen molar-refractivity contribution in [3.8, 4) is 0 Å². The average molecular weight is 330 g/mol. The minimum atomic E-state index is 0.317. The number of nitrogens with one attached hydrogen (secondary N) is 2. The maximum absolute atomic E-state index is 6.01. The van der Waals surface area contributed by atoms with Crippen LogP contribution in [0.5, 0.6) is 0 Å². The summed E-state index contributed by atoms with van der Waals surface area (Å²) in [6.45, 7) is 6.48. The van der Waals surface area contributed by atoms with Crippen LogP contribution in [0.1, 0.15) is 51.6 Å². The molecule has 0 aliphatic heterocycles. The van der Waals surface area contributed by atoms with Gasteiger partial charge in [-0.05, 0) is 45.2 Å². The third-order valence-corrected chi connectivity index (χ3v) is 5.47. The van der Waals surface area contributed by atoms with Gasteiger partial charge in [0.05, 0.1) is 18.3 Å². The second-order valence-corrected chi connectivity index (χ2v) is 6.83. The highest BCUT2D eigenvalue weighted by Gasteiger charge is 2.56. The number of nitrogens with zero attached hydrogens (tertiary/aromatic N) is 2. The van der Waals surface area contributed by atoms with Crippen molar-refractivity contribution in [3.05, 3.63) is 30.1 Å². The molecule has 0 aromatic carbocycles. The molecule has 1 spiro atoms. The van der Waals surface area contributed by atoms with Crippen LogP contribution in [0, 0.1) is 5.41 Å². The molecule has 2 aliphatic rings. The van der Waals surface area contributed by atoms with E-state index in [1.54, 1.807) is 0 Å². The number of hydrogen-bond donors (Lipinski definition) is 2. The number of aromatic nitrogens is 1. The number of hydrogen-bond acceptors (Lipinski definition) is 3. The van der Waals surface area contributed by atoms with Crippen LogP contribution in [0.4, 0.5) is 0 Å². The molecular weight excluding hydrogens is 300 g/mol. The van der Waals surface area contributed by atoms with Crippen molar-refractivity contribution in [2.24, 2.45) is 10.4 Å². The Morgan fingerprint density at radius 2 is 2.17 bits per heavy atom. The van der Waals surface area contributed by atoms with Gasteiger partial charge in [0.2, 0.25) is 0 Å². The molecule has 1 aromatic heterocycles. The minimum Gasteiger partial charge on any atom is -0.378 e. The molecule has 2 fully saturated rings. The van der Waals surface area contributed by atoms with Crippen molar-refractivity contribution in [2.45, 2.75) is 64.6 Å². The van der Waals surface area contributed by atoms with Crippen molar-refractivity contribution < 1.29 is 4.74 Å². The molecule has 1 heterocycles. The van der Waals surface area contributed by atoms with Gasteiger partial charge in [0.25, 0.3) is 0 Å². The zero-order valence-corrected chi connectivity index (χ0v) is 14.9. The van der Waals surface area contributed by atoms with E-state index in [4.69, 9.17) is 9.73 Å².